The predicted octanol–water partition coefficient (Wildman–Crippen LogP) is 15.3. The molecule has 58 heavy (non-hydrogen) atoms. The summed E-state index contributed by atoms with van der Waals surface area (Å²) in [4.78, 5) is 2.35. The molecule has 0 aliphatic heterocycles. The van der Waals surface area contributed by atoms with E-state index < -0.39 is 0 Å². The number of hydrogen-bond acceptors (Lipinski definition) is 1. The van der Waals surface area contributed by atoms with Crippen molar-refractivity contribution >= 4 is 55.7 Å². The fourth-order valence-electron chi connectivity index (χ4n) is 9.61. The van der Waals surface area contributed by atoms with Crippen LogP contribution in [0.5, 0.6) is 0 Å². The average Bonchev–Trinajstić information content (AvgIpc) is 3.79. The zero-order valence-corrected chi connectivity index (χ0v) is 31.9. The zero-order valence-electron chi connectivity index (χ0n) is 31.9. The van der Waals surface area contributed by atoms with Crippen molar-refractivity contribution in [1.29, 1.82) is 0 Å². The summed E-state index contributed by atoms with van der Waals surface area (Å²) in [5.74, 6) is 0. The molecule has 10 aromatic rings. The molecule has 272 valence electrons. The van der Waals surface area contributed by atoms with E-state index in [4.69, 9.17) is 0 Å². The van der Waals surface area contributed by atoms with Crippen molar-refractivity contribution in [2.75, 3.05) is 4.90 Å². The van der Waals surface area contributed by atoms with Crippen molar-refractivity contribution in [1.82, 2.24) is 4.57 Å². The Morgan fingerprint density at radius 2 is 1.09 bits per heavy atom. The third-order valence-electron chi connectivity index (χ3n) is 12.3. The Morgan fingerprint density at radius 1 is 0.414 bits per heavy atom. The maximum atomic E-state index is 2.45. The van der Waals surface area contributed by atoms with Gasteiger partial charge in [0.25, 0.3) is 0 Å². The largest absolute Gasteiger partial charge is 0.311 e. The number of rotatable bonds is 6. The van der Waals surface area contributed by atoms with Gasteiger partial charge in [0.15, 0.2) is 0 Å². The van der Waals surface area contributed by atoms with E-state index in [0.717, 1.165) is 29.9 Å². The van der Waals surface area contributed by atoms with Crippen LogP contribution < -0.4 is 4.90 Å². The summed E-state index contributed by atoms with van der Waals surface area (Å²) in [7, 11) is 0. The molecular weight excluding hydrogens is 701 g/mol. The monoisotopic (exact) mass is 738 g/mol. The minimum absolute atomic E-state index is 1.08. The number of para-hydroxylation sites is 2. The highest BCUT2D eigenvalue weighted by Gasteiger charge is 2.22. The molecule has 0 atom stereocenters. The number of aryl methyl sites for hydroxylation is 1. The number of benzene rings is 9. The van der Waals surface area contributed by atoms with E-state index >= 15 is 0 Å². The minimum Gasteiger partial charge on any atom is -0.311 e. The van der Waals surface area contributed by atoms with Crippen LogP contribution >= 0.6 is 0 Å². The summed E-state index contributed by atoms with van der Waals surface area (Å²) >= 11 is 0. The van der Waals surface area contributed by atoms with Crippen LogP contribution in [0.4, 0.5) is 17.1 Å². The van der Waals surface area contributed by atoms with Crippen LogP contribution in [-0.2, 0) is 6.42 Å². The van der Waals surface area contributed by atoms with E-state index in [0.29, 0.717) is 0 Å². The SMILES string of the molecule is C1=Cc2cc3c4ccccc4n(-c4cccc(-c5ccc(N(c6ccccc6)c6ccc(-c7cc8c9c(cccc9c7)-c7ccccc7-8)cc6)cc5)c4)c3cc2CC1. The first-order valence-electron chi connectivity index (χ1n) is 20.3. The second-order valence-electron chi connectivity index (χ2n) is 15.6. The van der Waals surface area contributed by atoms with Gasteiger partial charge >= 0.3 is 0 Å². The highest BCUT2D eigenvalue weighted by molar-refractivity contribution is 6.16. The quantitative estimate of drug-likeness (QED) is 0.165. The Balaban J connectivity index is 0.899. The molecule has 0 amide bonds. The van der Waals surface area contributed by atoms with Crippen molar-refractivity contribution in [3.63, 3.8) is 0 Å². The maximum Gasteiger partial charge on any atom is 0.0544 e. The van der Waals surface area contributed by atoms with E-state index in [1.165, 1.54) is 93.9 Å². The van der Waals surface area contributed by atoms with Crippen LogP contribution in [0.15, 0.2) is 200 Å². The van der Waals surface area contributed by atoms with Gasteiger partial charge in [0.05, 0.1) is 11.0 Å². The van der Waals surface area contributed by atoms with Crippen LogP contribution in [0, 0.1) is 0 Å². The van der Waals surface area contributed by atoms with Gasteiger partial charge in [0.2, 0.25) is 0 Å². The van der Waals surface area contributed by atoms with E-state index in [2.05, 4.69) is 216 Å². The molecular formula is C56H38N2. The molecule has 0 saturated heterocycles. The van der Waals surface area contributed by atoms with Gasteiger partial charge < -0.3 is 9.47 Å². The van der Waals surface area contributed by atoms with Gasteiger partial charge in [0.1, 0.15) is 0 Å². The van der Waals surface area contributed by atoms with Gasteiger partial charge in [-0.2, -0.15) is 0 Å². The first-order chi connectivity index (χ1) is 28.7. The minimum atomic E-state index is 1.08. The van der Waals surface area contributed by atoms with Crippen molar-refractivity contribution in [2.45, 2.75) is 12.8 Å². The third kappa shape index (κ3) is 5.19. The van der Waals surface area contributed by atoms with Crippen molar-refractivity contribution < 1.29 is 0 Å². The zero-order chi connectivity index (χ0) is 38.2. The number of hydrogen-bond donors (Lipinski definition) is 0. The van der Waals surface area contributed by atoms with Gasteiger partial charge in [-0.05, 0) is 158 Å². The maximum absolute atomic E-state index is 2.45. The lowest BCUT2D eigenvalue weighted by atomic mass is 9.95. The highest BCUT2D eigenvalue weighted by Crippen LogP contribution is 2.49. The molecule has 9 aromatic carbocycles. The van der Waals surface area contributed by atoms with Gasteiger partial charge in [-0.3, -0.25) is 0 Å². The molecule has 2 aliphatic carbocycles. The number of anilines is 3. The lowest BCUT2D eigenvalue weighted by Gasteiger charge is -2.26. The Morgan fingerprint density at radius 3 is 1.90 bits per heavy atom. The lowest BCUT2D eigenvalue weighted by Crippen LogP contribution is -2.09. The molecule has 2 heteroatoms. The number of nitrogens with zero attached hydrogens (tertiary/aromatic N) is 2. The van der Waals surface area contributed by atoms with Crippen LogP contribution in [-0.4, -0.2) is 4.57 Å². The first-order valence-corrected chi connectivity index (χ1v) is 20.3. The van der Waals surface area contributed by atoms with Gasteiger partial charge in [-0.1, -0.05) is 127 Å². The average molecular weight is 739 g/mol. The van der Waals surface area contributed by atoms with Crippen LogP contribution in [0.1, 0.15) is 17.5 Å². The molecule has 0 spiro atoms. The van der Waals surface area contributed by atoms with Crippen molar-refractivity contribution in [2.24, 2.45) is 0 Å². The molecule has 0 fully saturated rings. The van der Waals surface area contributed by atoms with Crippen LogP contribution in [0.3, 0.4) is 0 Å². The molecule has 2 nitrogen and oxygen atoms in total. The van der Waals surface area contributed by atoms with Gasteiger partial charge in [-0.15, -0.1) is 0 Å². The fraction of sp³-hybridized carbons (Fsp3) is 0.0357. The third-order valence-corrected chi connectivity index (χ3v) is 12.3. The first kappa shape index (κ1) is 32.8. The molecule has 0 N–H and O–H groups in total. The Bertz CT molecular complexity index is 3260. The van der Waals surface area contributed by atoms with Crippen molar-refractivity contribution in [3.05, 3.63) is 211 Å². The number of fused-ring (bicyclic) bond motifs is 7. The topological polar surface area (TPSA) is 8.17 Å². The molecule has 2 aliphatic rings. The normalized spacial score (nSPS) is 12.6. The lowest BCUT2D eigenvalue weighted by molar-refractivity contribution is 0.986. The second kappa shape index (κ2) is 13.1. The van der Waals surface area contributed by atoms with E-state index in [1.54, 1.807) is 0 Å². The Labute approximate surface area is 338 Å². The Hall–Kier alpha value is -7.42. The number of aromatic nitrogens is 1. The number of allylic oxidation sites excluding steroid dienone is 1. The summed E-state index contributed by atoms with van der Waals surface area (Å²) in [6.07, 6.45) is 6.77. The molecule has 0 unspecified atom stereocenters. The van der Waals surface area contributed by atoms with E-state index in [9.17, 15) is 0 Å². The standard InChI is InChI=1S/C56H38N2/c1-2-16-44(17-3-1)57(46-30-26-38(27-31-46)43-32-42-15-11-22-51-48-19-6-7-20-49(48)53(35-43)56(42)51)45-28-24-37(25-29-45)39-14-10-18-47(33-39)58-54-23-9-8-21-50(54)52-34-40-12-4-5-13-41(40)36-55(52)58/h1-4,6-12,14-36H,5,13H2. The molecule has 0 radical (unpaired) electrons. The van der Waals surface area contributed by atoms with E-state index in [-0.39, 0.29) is 0 Å². The summed E-state index contributed by atoms with van der Waals surface area (Å²) in [5, 5.41) is 5.24. The molecule has 1 aromatic heterocycles. The smallest absolute Gasteiger partial charge is 0.0544 e. The van der Waals surface area contributed by atoms with Gasteiger partial charge in [0, 0.05) is 33.5 Å². The predicted molar refractivity (Wildman–Crippen MR) is 246 cm³/mol. The molecule has 1 heterocycles. The second-order valence-corrected chi connectivity index (χ2v) is 15.6. The van der Waals surface area contributed by atoms with Crippen LogP contribution in [0.25, 0.3) is 88.8 Å². The summed E-state index contributed by atoms with van der Waals surface area (Å²) in [6.45, 7) is 0. The summed E-state index contributed by atoms with van der Waals surface area (Å²) in [6, 6.07) is 71.6. The fourth-order valence-corrected chi connectivity index (χ4v) is 9.61. The molecule has 0 bridgehead atoms. The summed E-state index contributed by atoms with van der Waals surface area (Å²) in [5.41, 5.74) is 19.9. The highest BCUT2D eigenvalue weighted by atomic mass is 15.1. The van der Waals surface area contributed by atoms with Crippen LogP contribution in [0.2, 0.25) is 0 Å². The molecule has 12 rings (SSSR count). The Kier molecular flexibility index (Phi) is 7.39. The summed E-state index contributed by atoms with van der Waals surface area (Å²) < 4.78 is 2.45. The van der Waals surface area contributed by atoms with Gasteiger partial charge in [-0.25, -0.2) is 0 Å². The van der Waals surface area contributed by atoms with Crippen molar-refractivity contribution in [3.8, 4) is 50.2 Å². The van der Waals surface area contributed by atoms with E-state index in [1.807, 2.05) is 0 Å². The molecule has 0 saturated carbocycles.